The van der Waals surface area contributed by atoms with Gasteiger partial charge < -0.3 is 18.9 Å². The molecule has 0 heterocycles. The van der Waals surface area contributed by atoms with E-state index in [-0.39, 0.29) is 25.6 Å². The molecule has 0 saturated carbocycles. The number of unbranched alkanes of at least 4 members (excludes halogenated alkanes) is 49. The Bertz CT molecular complexity index is 2100. The lowest BCUT2D eigenvalue weighted by Crippen LogP contribution is -2.37. The molecule has 0 aromatic rings. The molecule has 9 nitrogen and oxygen atoms in total. The van der Waals surface area contributed by atoms with Gasteiger partial charge in [-0.1, -0.05) is 406 Å². The second-order valence-corrected chi connectivity index (χ2v) is 32.0. The van der Waals surface area contributed by atoms with E-state index in [4.69, 9.17) is 18.5 Å². The van der Waals surface area contributed by atoms with E-state index >= 15 is 0 Å². The first kappa shape index (κ1) is 98.7. The fourth-order valence-electron chi connectivity index (χ4n) is 12.7. The Kier molecular flexibility index (Phi) is 79.1. The number of phosphoric ester groups is 1. The predicted molar refractivity (Wildman–Crippen MR) is 445 cm³/mol. The highest BCUT2D eigenvalue weighted by Gasteiger charge is 2.27. The van der Waals surface area contributed by atoms with Crippen LogP contribution >= 0.6 is 7.82 Å². The summed E-state index contributed by atoms with van der Waals surface area (Å²) in [7, 11) is 1.49. The van der Waals surface area contributed by atoms with Gasteiger partial charge in [-0.2, -0.15) is 0 Å². The highest BCUT2D eigenvalue weighted by Crippen LogP contribution is 2.43. The molecule has 0 bridgehead atoms. The van der Waals surface area contributed by atoms with Crippen LogP contribution in [0.25, 0.3) is 0 Å². The molecule has 2 unspecified atom stereocenters. The van der Waals surface area contributed by atoms with Crippen LogP contribution in [0, 0.1) is 0 Å². The molecule has 0 rings (SSSR count). The maximum absolute atomic E-state index is 12.9. The quantitative estimate of drug-likeness (QED) is 0.0211. The van der Waals surface area contributed by atoms with E-state index in [2.05, 4.69) is 123 Å². The minimum absolute atomic E-state index is 0.0314. The van der Waals surface area contributed by atoms with Crippen LogP contribution in [0.4, 0.5) is 0 Å². The molecule has 2 atom stereocenters. The molecular formula is C92H167NO8P+. The van der Waals surface area contributed by atoms with Crippen molar-refractivity contribution in [2.45, 2.75) is 418 Å². The lowest BCUT2D eigenvalue weighted by atomic mass is 10.0. The van der Waals surface area contributed by atoms with Crippen LogP contribution in [-0.2, 0) is 32.7 Å². The van der Waals surface area contributed by atoms with Crippen LogP contribution in [0.2, 0.25) is 0 Å². The maximum atomic E-state index is 12.9. The van der Waals surface area contributed by atoms with Crippen molar-refractivity contribution >= 4 is 19.8 Å². The normalized spacial score (nSPS) is 13.5. The molecule has 0 amide bonds. The fraction of sp³-hybridized carbons (Fsp3) is 0.783. The number of carbonyl (C=O) groups excluding carboxylic acids is 2. The largest absolute Gasteiger partial charge is 0.472 e. The van der Waals surface area contributed by atoms with Gasteiger partial charge in [0, 0.05) is 12.8 Å². The molecule has 0 aromatic heterocycles. The Morgan fingerprint density at radius 1 is 0.314 bits per heavy atom. The number of likely N-dealkylation sites (N-methyl/N-ethyl adjacent to an activating group) is 1. The topological polar surface area (TPSA) is 108 Å². The number of rotatable bonds is 81. The van der Waals surface area contributed by atoms with Gasteiger partial charge in [0.05, 0.1) is 27.7 Å². The Morgan fingerprint density at radius 2 is 0.559 bits per heavy atom. The number of hydrogen-bond acceptors (Lipinski definition) is 7. The van der Waals surface area contributed by atoms with Gasteiger partial charge in [-0.25, -0.2) is 4.57 Å². The number of quaternary nitrogens is 1. The number of hydrogen-bond donors (Lipinski definition) is 1. The van der Waals surface area contributed by atoms with E-state index in [0.717, 1.165) is 83.5 Å². The Hall–Kier alpha value is -3.33. The fourth-order valence-corrected chi connectivity index (χ4v) is 13.4. The van der Waals surface area contributed by atoms with E-state index in [0.29, 0.717) is 23.9 Å². The van der Waals surface area contributed by atoms with E-state index in [1.54, 1.807) is 0 Å². The van der Waals surface area contributed by atoms with Gasteiger partial charge in [-0.05, 0) is 103 Å². The molecule has 0 fully saturated rings. The summed E-state index contributed by atoms with van der Waals surface area (Å²) in [5.41, 5.74) is 0. The molecular weight excluding hydrogens is 1280 g/mol. The molecule has 1 N–H and O–H groups in total. The lowest BCUT2D eigenvalue weighted by Gasteiger charge is -2.24. The molecule has 10 heteroatoms. The highest BCUT2D eigenvalue weighted by atomic mass is 31.2. The van der Waals surface area contributed by atoms with Crippen LogP contribution in [0.15, 0.2) is 109 Å². The van der Waals surface area contributed by atoms with Crippen molar-refractivity contribution in [3.8, 4) is 0 Å². The highest BCUT2D eigenvalue weighted by molar-refractivity contribution is 7.47. The Labute approximate surface area is 633 Å². The third-order valence-corrected chi connectivity index (χ3v) is 20.3. The molecule has 0 aliphatic heterocycles. The summed E-state index contributed by atoms with van der Waals surface area (Å²) in [6.45, 7) is 4.37. The number of nitrogens with zero attached hydrogens (tertiary/aromatic N) is 1. The summed E-state index contributed by atoms with van der Waals surface area (Å²) < 4.78 is 34.9. The molecule has 592 valence electrons. The summed E-state index contributed by atoms with van der Waals surface area (Å²) in [4.78, 5) is 36.1. The number of carbonyl (C=O) groups is 2. The molecule has 0 radical (unpaired) electrons. The monoisotopic (exact) mass is 1450 g/mol. The van der Waals surface area contributed by atoms with E-state index in [9.17, 15) is 19.0 Å². The smallest absolute Gasteiger partial charge is 0.462 e. The SMILES string of the molecule is CC/C=C\C/C=C\C/C=C\C/C=C\C/C=C\C/C=C\C/C=C\CCCCCCCCCCCCCCCCCCCC(=O)OC(COC(=O)CCCCCCCCCCCCCCCCCCCCCCCCCCCCC/C=C\C/C=C\CCCCCCC)COP(=O)(O)OCC[N+](C)(C)C. The Morgan fingerprint density at radius 3 is 0.833 bits per heavy atom. The third kappa shape index (κ3) is 85.6. The van der Waals surface area contributed by atoms with E-state index < -0.39 is 26.5 Å². The summed E-state index contributed by atoms with van der Waals surface area (Å²) in [6, 6.07) is 0. The van der Waals surface area contributed by atoms with Crippen molar-refractivity contribution in [1.82, 2.24) is 0 Å². The number of ether oxygens (including phenoxy) is 2. The van der Waals surface area contributed by atoms with Crippen LogP contribution in [-0.4, -0.2) is 74.9 Å². The van der Waals surface area contributed by atoms with Crippen molar-refractivity contribution in [2.24, 2.45) is 0 Å². The summed E-state index contributed by atoms with van der Waals surface area (Å²) in [5.74, 6) is -0.779. The predicted octanol–water partition coefficient (Wildman–Crippen LogP) is 29.5. The third-order valence-electron chi connectivity index (χ3n) is 19.3. The second kappa shape index (κ2) is 81.7. The van der Waals surface area contributed by atoms with Crippen molar-refractivity contribution in [3.63, 3.8) is 0 Å². The summed E-state index contributed by atoms with van der Waals surface area (Å²) in [6.07, 6.45) is 117. The van der Waals surface area contributed by atoms with Crippen molar-refractivity contribution in [1.29, 1.82) is 0 Å². The van der Waals surface area contributed by atoms with Crippen molar-refractivity contribution < 1.29 is 42.1 Å². The summed E-state index contributed by atoms with van der Waals surface area (Å²) >= 11 is 0. The van der Waals surface area contributed by atoms with Crippen LogP contribution < -0.4 is 0 Å². The van der Waals surface area contributed by atoms with Gasteiger partial charge >= 0.3 is 19.8 Å². The minimum atomic E-state index is -4.40. The molecule has 102 heavy (non-hydrogen) atoms. The van der Waals surface area contributed by atoms with Gasteiger partial charge in [-0.15, -0.1) is 0 Å². The molecule has 0 aliphatic rings. The van der Waals surface area contributed by atoms with Crippen molar-refractivity contribution in [2.75, 3.05) is 47.5 Å². The first-order valence-electron chi connectivity index (χ1n) is 43.6. The minimum Gasteiger partial charge on any atom is -0.462 e. The standard InChI is InChI=1S/C92H166NO8P/c1-6-8-10-12-14-16-18-20-22-24-26-28-30-32-34-36-38-40-42-44-46-48-50-52-54-56-58-60-62-64-66-68-70-72-74-76-78-80-82-84-91(94)98-88-90(89-100-102(96,97)99-87-86-93(3,4)5)101-92(95)85-83-81-79-77-75-73-71-69-67-65-63-61-59-57-55-53-51-49-47-45-43-41-39-37-35-33-31-29-27-25-23-21-19-17-15-13-11-9-7-2/h9,11,15,17-18,20-21,23-24,26-27,29,33,35,39,41,45,47,90H,6-8,10,12-14,16,19,22,25,28,30-32,34,36-38,40,42-44,46,48-89H2,1-5H3/p+1/b11-9-,17-15-,20-18-,23-21-,26-24-,29-27-,35-33-,41-39-,47-45-. The number of allylic oxidation sites excluding steroid dienone is 18. The molecule has 0 spiro atoms. The zero-order valence-electron chi connectivity index (χ0n) is 67.8. The van der Waals surface area contributed by atoms with Gasteiger partial charge in [-0.3, -0.25) is 18.6 Å². The summed E-state index contributed by atoms with van der Waals surface area (Å²) in [5, 5.41) is 0. The lowest BCUT2D eigenvalue weighted by molar-refractivity contribution is -0.870. The van der Waals surface area contributed by atoms with Crippen LogP contribution in [0.1, 0.15) is 412 Å². The number of phosphoric acid groups is 1. The first-order chi connectivity index (χ1) is 50.0. The van der Waals surface area contributed by atoms with E-state index in [1.807, 2.05) is 21.1 Å². The average Bonchev–Trinajstić information content (AvgIpc) is 0.914. The number of esters is 2. The van der Waals surface area contributed by atoms with Gasteiger partial charge in [0.15, 0.2) is 6.10 Å². The zero-order valence-corrected chi connectivity index (χ0v) is 68.7. The zero-order chi connectivity index (χ0) is 74.0. The van der Waals surface area contributed by atoms with Gasteiger partial charge in [0.1, 0.15) is 19.8 Å². The van der Waals surface area contributed by atoms with Crippen LogP contribution in [0.5, 0.6) is 0 Å². The maximum Gasteiger partial charge on any atom is 0.472 e. The van der Waals surface area contributed by atoms with Crippen molar-refractivity contribution in [3.05, 3.63) is 109 Å². The second-order valence-electron chi connectivity index (χ2n) is 30.5. The molecule has 0 aliphatic carbocycles. The van der Waals surface area contributed by atoms with Gasteiger partial charge in [0.25, 0.3) is 0 Å². The van der Waals surface area contributed by atoms with Gasteiger partial charge in [0.2, 0.25) is 0 Å². The van der Waals surface area contributed by atoms with E-state index in [1.165, 1.54) is 295 Å². The van der Waals surface area contributed by atoms with Crippen LogP contribution in [0.3, 0.4) is 0 Å². The Balaban J connectivity index is 3.90. The first-order valence-corrected chi connectivity index (χ1v) is 45.1. The molecule has 0 saturated heterocycles. The average molecular weight is 1450 g/mol. The molecule has 0 aromatic carbocycles.